The molecular weight excluding hydrogens is 394 g/mol. The van der Waals surface area contributed by atoms with E-state index in [1.54, 1.807) is 24.3 Å². The van der Waals surface area contributed by atoms with E-state index in [-0.39, 0.29) is 6.42 Å². The molecule has 152 valence electrons. The molecule has 0 heterocycles. The predicted octanol–water partition coefficient (Wildman–Crippen LogP) is 2.82. The molecule has 2 aromatic rings. The van der Waals surface area contributed by atoms with Crippen LogP contribution in [-0.4, -0.2) is 37.6 Å². The molecule has 1 aliphatic carbocycles. The summed E-state index contributed by atoms with van der Waals surface area (Å²) in [6, 6.07) is 15.4. The summed E-state index contributed by atoms with van der Waals surface area (Å²) in [7, 11) is 1.26. The smallest absolute Gasteiger partial charge is 0.328 e. The number of ether oxygens (including phenoxy) is 2. The second-order valence-corrected chi connectivity index (χ2v) is 7.43. The third kappa shape index (κ3) is 5.15. The zero-order chi connectivity index (χ0) is 20.9. The fraction of sp³-hybridized carbons (Fsp3) is 0.318. The highest BCUT2D eigenvalue weighted by Crippen LogP contribution is 2.49. The standard InChI is InChI=1S/C22H22ClNO5/c1-28-20(26)18(13-15-5-3-2-4-6-15)24-19(25)14-29-21(27)22(11-12-22)16-7-9-17(23)10-8-16/h2-10,18H,11-14H2,1H3,(H,24,25)/t18-/m1/s1. The molecule has 7 heteroatoms. The maximum absolute atomic E-state index is 12.6. The molecular formula is C22H22ClNO5. The topological polar surface area (TPSA) is 81.7 Å². The van der Waals surface area contributed by atoms with Crippen LogP contribution in [-0.2, 0) is 35.7 Å². The van der Waals surface area contributed by atoms with Crippen molar-refractivity contribution in [2.75, 3.05) is 13.7 Å². The van der Waals surface area contributed by atoms with Gasteiger partial charge >= 0.3 is 11.9 Å². The first-order chi connectivity index (χ1) is 13.9. The SMILES string of the molecule is COC(=O)[C@@H](Cc1ccccc1)NC(=O)COC(=O)C1(c2ccc(Cl)cc2)CC1. The summed E-state index contributed by atoms with van der Waals surface area (Å²) in [5, 5.41) is 3.17. The summed E-state index contributed by atoms with van der Waals surface area (Å²) in [6.45, 7) is -0.462. The molecule has 6 nitrogen and oxygen atoms in total. The van der Waals surface area contributed by atoms with Crippen molar-refractivity contribution < 1.29 is 23.9 Å². The van der Waals surface area contributed by atoms with Gasteiger partial charge in [-0.3, -0.25) is 9.59 Å². The summed E-state index contributed by atoms with van der Waals surface area (Å²) in [4.78, 5) is 36.9. The van der Waals surface area contributed by atoms with E-state index in [1.807, 2.05) is 30.3 Å². The van der Waals surface area contributed by atoms with Crippen LogP contribution in [0, 0.1) is 0 Å². The van der Waals surface area contributed by atoms with E-state index in [9.17, 15) is 14.4 Å². The monoisotopic (exact) mass is 415 g/mol. The van der Waals surface area contributed by atoms with Crippen molar-refractivity contribution in [1.82, 2.24) is 5.32 Å². The van der Waals surface area contributed by atoms with Gasteiger partial charge < -0.3 is 14.8 Å². The Hall–Kier alpha value is -2.86. The van der Waals surface area contributed by atoms with Gasteiger partial charge in [0.15, 0.2) is 6.61 Å². The molecule has 1 amide bonds. The number of hydrogen-bond acceptors (Lipinski definition) is 5. The van der Waals surface area contributed by atoms with Crippen molar-refractivity contribution in [2.24, 2.45) is 0 Å². The molecule has 1 saturated carbocycles. The van der Waals surface area contributed by atoms with Crippen LogP contribution < -0.4 is 5.32 Å². The highest BCUT2D eigenvalue weighted by atomic mass is 35.5. The molecule has 1 aliphatic rings. The van der Waals surface area contributed by atoms with Crippen molar-refractivity contribution in [3.05, 3.63) is 70.7 Å². The molecule has 1 fully saturated rings. The summed E-state index contributed by atoms with van der Waals surface area (Å²) >= 11 is 5.90. The molecule has 0 bridgehead atoms. The van der Waals surface area contributed by atoms with Crippen molar-refractivity contribution in [3.63, 3.8) is 0 Å². The molecule has 0 spiro atoms. The van der Waals surface area contributed by atoms with Crippen LogP contribution in [0.1, 0.15) is 24.0 Å². The molecule has 2 aromatic carbocycles. The molecule has 3 rings (SSSR count). The van der Waals surface area contributed by atoms with Crippen LogP contribution in [0.2, 0.25) is 5.02 Å². The average molecular weight is 416 g/mol. The summed E-state index contributed by atoms with van der Waals surface area (Å²) in [6.07, 6.45) is 1.60. The number of hydrogen-bond donors (Lipinski definition) is 1. The van der Waals surface area contributed by atoms with Crippen LogP contribution in [0.15, 0.2) is 54.6 Å². The second kappa shape index (κ2) is 9.09. The molecule has 0 aromatic heterocycles. The number of rotatable bonds is 8. The normalized spacial score (nSPS) is 15.1. The van der Waals surface area contributed by atoms with Gasteiger partial charge in [0.2, 0.25) is 0 Å². The van der Waals surface area contributed by atoms with E-state index in [0.29, 0.717) is 17.9 Å². The van der Waals surface area contributed by atoms with Gasteiger partial charge in [-0.15, -0.1) is 0 Å². The number of carbonyl (C=O) groups excluding carboxylic acids is 3. The van der Waals surface area contributed by atoms with Gasteiger partial charge in [-0.25, -0.2) is 4.79 Å². The van der Waals surface area contributed by atoms with Crippen molar-refractivity contribution in [1.29, 1.82) is 0 Å². The third-order valence-electron chi connectivity index (χ3n) is 4.98. The number of methoxy groups -OCH3 is 1. The van der Waals surface area contributed by atoms with Gasteiger partial charge in [0, 0.05) is 11.4 Å². The van der Waals surface area contributed by atoms with Gasteiger partial charge in [0.05, 0.1) is 12.5 Å². The highest BCUT2D eigenvalue weighted by Gasteiger charge is 2.52. The Bertz CT molecular complexity index is 878. The molecule has 0 radical (unpaired) electrons. The van der Waals surface area contributed by atoms with Crippen LogP contribution in [0.3, 0.4) is 0 Å². The van der Waals surface area contributed by atoms with Gasteiger partial charge in [0.25, 0.3) is 5.91 Å². The average Bonchev–Trinajstić information content (AvgIpc) is 3.54. The largest absolute Gasteiger partial charge is 0.467 e. The summed E-state index contributed by atoms with van der Waals surface area (Å²) in [5.74, 6) is -1.57. The highest BCUT2D eigenvalue weighted by molar-refractivity contribution is 6.30. The molecule has 0 unspecified atom stereocenters. The van der Waals surface area contributed by atoms with Crippen molar-refractivity contribution >= 4 is 29.4 Å². The fourth-order valence-corrected chi connectivity index (χ4v) is 3.32. The zero-order valence-corrected chi connectivity index (χ0v) is 16.8. The maximum atomic E-state index is 12.6. The quantitative estimate of drug-likeness (QED) is 0.670. The van der Waals surface area contributed by atoms with Gasteiger partial charge in [0.1, 0.15) is 6.04 Å². The first kappa shape index (κ1) is 20.9. The zero-order valence-electron chi connectivity index (χ0n) is 16.0. The van der Waals surface area contributed by atoms with E-state index in [1.165, 1.54) is 7.11 Å². The number of benzene rings is 2. The number of halogens is 1. The number of esters is 2. The Morgan fingerprint density at radius 1 is 1.07 bits per heavy atom. The predicted molar refractivity (Wildman–Crippen MR) is 107 cm³/mol. The molecule has 1 atom stereocenters. The number of nitrogens with one attached hydrogen (secondary N) is 1. The number of amides is 1. The number of carbonyl (C=O) groups is 3. The molecule has 1 N–H and O–H groups in total. The summed E-state index contributed by atoms with van der Waals surface area (Å²) < 4.78 is 10.0. The lowest BCUT2D eigenvalue weighted by atomic mass is 9.96. The van der Waals surface area contributed by atoms with E-state index in [0.717, 1.165) is 11.1 Å². The van der Waals surface area contributed by atoms with Crippen molar-refractivity contribution in [3.8, 4) is 0 Å². The van der Waals surface area contributed by atoms with Crippen LogP contribution in [0.5, 0.6) is 0 Å². The van der Waals surface area contributed by atoms with E-state index in [2.05, 4.69) is 5.32 Å². The minimum absolute atomic E-state index is 0.280. The Morgan fingerprint density at radius 2 is 1.72 bits per heavy atom. The second-order valence-electron chi connectivity index (χ2n) is 7.00. The van der Waals surface area contributed by atoms with Crippen LogP contribution >= 0.6 is 11.6 Å². The Labute approximate surface area is 174 Å². The van der Waals surface area contributed by atoms with E-state index < -0.39 is 35.9 Å². The molecule has 0 aliphatic heterocycles. The lowest BCUT2D eigenvalue weighted by molar-refractivity contribution is -0.152. The lowest BCUT2D eigenvalue weighted by Gasteiger charge is -2.18. The first-order valence-corrected chi connectivity index (χ1v) is 9.67. The van der Waals surface area contributed by atoms with Gasteiger partial charge in [-0.05, 0) is 36.1 Å². The molecule has 29 heavy (non-hydrogen) atoms. The first-order valence-electron chi connectivity index (χ1n) is 9.29. The minimum atomic E-state index is -0.861. The van der Waals surface area contributed by atoms with Crippen LogP contribution in [0.25, 0.3) is 0 Å². The summed E-state index contributed by atoms with van der Waals surface area (Å²) in [5.41, 5.74) is 0.986. The lowest BCUT2D eigenvalue weighted by Crippen LogP contribution is -2.45. The Kier molecular flexibility index (Phi) is 6.54. The fourth-order valence-electron chi connectivity index (χ4n) is 3.20. The Balaban J connectivity index is 1.57. The van der Waals surface area contributed by atoms with Gasteiger partial charge in [-0.1, -0.05) is 54.1 Å². The maximum Gasteiger partial charge on any atom is 0.328 e. The van der Waals surface area contributed by atoms with E-state index >= 15 is 0 Å². The third-order valence-corrected chi connectivity index (χ3v) is 5.23. The van der Waals surface area contributed by atoms with E-state index in [4.69, 9.17) is 21.1 Å². The van der Waals surface area contributed by atoms with Crippen molar-refractivity contribution in [2.45, 2.75) is 30.7 Å². The van der Waals surface area contributed by atoms with Gasteiger partial charge in [-0.2, -0.15) is 0 Å². The minimum Gasteiger partial charge on any atom is -0.467 e. The molecule has 0 saturated heterocycles. The Morgan fingerprint density at radius 3 is 2.31 bits per heavy atom. The van der Waals surface area contributed by atoms with Crippen LogP contribution in [0.4, 0.5) is 0 Å².